The maximum Gasteiger partial charge on any atom is 0.150 e. The molecule has 68 valence electrons. The fourth-order valence-electron chi connectivity index (χ4n) is 1.95. The largest absolute Gasteiger partial charge is 0.298 e. The molecule has 0 aliphatic heterocycles. The van der Waals surface area contributed by atoms with Gasteiger partial charge in [-0.2, -0.15) is 0 Å². The van der Waals surface area contributed by atoms with Gasteiger partial charge in [-0.25, -0.2) is 4.39 Å². The van der Waals surface area contributed by atoms with Crippen molar-refractivity contribution >= 4 is 6.29 Å². The highest BCUT2D eigenvalue weighted by molar-refractivity contribution is 5.78. The van der Waals surface area contributed by atoms with Crippen LogP contribution in [0.1, 0.15) is 40.5 Å². The number of rotatable bonds is 1. The SMILES string of the molecule is O=Cc1cccc2c1C(F)CCC2. The first-order valence-corrected chi connectivity index (χ1v) is 4.54. The van der Waals surface area contributed by atoms with Crippen LogP contribution in [0.3, 0.4) is 0 Å². The summed E-state index contributed by atoms with van der Waals surface area (Å²) >= 11 is 0. The molecule has 0 heterocycles. The van der Waals surface area contributed by atoms with Gasteiger partial charge < -0.3 is 0 Å². The van der Waals surface area contributed by atoms with Crippen LogP contribution in [-0.2, 0) is 6.42 Å². The number of aldehydes is 1. The smallest absolute Gasteiger partial charge is 0.150 e. The van der Waals surface area contributed by atoms with E-state index in [1.165, 1.54) is 0 Å². The summed E-state index contributed by atoms with van der Waals surface area (Å²) in [6.07, 6.45) is 2.15. The highest BCUT2D eigenvalue weighted by Gasteiger charge is 2.21. The van der Waals surface area contributed by atoms with Gasteiger partial charge in [0.05, 0.1) is 0 Å². The first kappa shape index (κ1) is 8.42. The van der Waals surface area contributed by atoms with E-state index in [-0.39, 0.29) is 0 Å². The van der Waals surface area contributed by atoms with E-state index in [1.54, 1.807) is 6.07 Å². The number of halogens is 1. The van der Waals surface area contributed by atoms with E-state index < -0.39 is 6.17 Å². The predicted molar refractivity (Wildman–Crippen MR) is 48.6 cm³/mol. The second-order valence-electron chi connectivity index (χ2n) is 3.40. The molecule has 0 N–H and O–H groups in total. The molecule has 1 aromatic rings. The monoisotopic (exact) mass is 178 g/mol. The topological polar surface area (TPSA) is 17.1 Å². The van der Waals surface area contributed by atoms with Crippen LogP contribution in [0.2, 0.25) is 0 Å². The molecule has 2 heteroatoms. The van der Waals surface area contributed by atoms with E-state index in [4.69, 9.17) is 0 Å². The molecule has 13 heavy (non-hydrogen) atoms. The lowest BCUT2D eigenvalue weighted by Crippen LogP contribution is -2.08. The maximum absolute atomic E-state index is 13.5. The number of carbonyl (C=O) groups is 1. The number of fused-ring (bicyclic) bond motifs is 1. The molecule has 0 saturated carbocycles. The summed E-state index contributed by atoms with van der Waals surface area (Å²) < 4.78 is 13.5. The van der Waals surface area contributed by atoms with E-state index in [0.29, 0.717) is 17.5 Å². The van der Waals surface area contributed by atoms with Gasteiger partial charge >= 0.3 is 0 Å². The second kappa shape index (κ2) is 3.29. The molecule has 0 aromatic heterocycles. The lowest BCUT2D eigenvalue weighted by molar-refractivity contribution is 0.111. The van der Waals surface area contributed by atoms with Crippen LogP contribution in [0.5, 0.6) is 0 Å². The van der Waals surface area contributed by atoms with Gasteiger partial charge in [-0.15, -0.1) is 0 Å². The number of benzene rings is 1. The van der Waals surface area contributed by atoms with Crippen LogP contribution in [0.25, 0.3) is 0 Å². The molecule has 1 aromatic carbocycles. The fraction of sp³-hybridized carbons (Fsp3) is 0.364. The number of alkyl halides is 1. The molecule has 1 unspecified atom stereocenters. The summed E-state index contributed by atoms with van der Waals surface area (Å²) in [5.41, 5.74) is 2.15. The van der Waals surface area contributed by atoms with Crippen molar-refractivity contribution in [3.05, 3.63) is 34.9 Å². The Hall–Kier alpha value is -1.18. The van der Waals surface area contributed by atoms with Crippen molar-refractivity contribution in [1.82, 2.24) is 0 Å². The molecule has 0 spiro atoms. The van der Waals surface area contributed by atoms with Crippen LogP contribution in [0, 0.1) is 0 Å². The van der Waals surface area contributed by atoms with Crippen molar-refractivity contribution in [2.24, 2.45) is 0 Å². The Balaban J connectivity index is 2.56. The molecule has 0 bridgehead atoms. The Morgan fingerprint density at radius 3 is 3.08 bits per heavy atom. The van der Waals surface area contributed by atoms with Gasteiger partial charge in [-0.3, -0.25) is 4.79 Å². The summed E-state index contributed by atoms with van der Waals surface area (Å²) in [5.74, 6) is 0. The van der Waals surface area contributed by atoms with Gasteiger partial charge in [0.15, 0.2) is 0 Å². The molecular weight excluding hydrogens is 167 g/mol. The van der Waals surface area contributed by atoms with E-state index >= 15 is 0 Å². The Morgan fingerprint density at radius 1 is 1.46 bits per heavy atom. The molecule has 1 aliphatic carbocycles. The third-order valence-corrected chi connectivity index (χ3v) is 2.57. The Labute approximate surface area is 76.6 Å². The lowest BCUT2D eigenvalue weighted by Gasteiger charge is -2.20. The summed E-state index contributed by atoms with van der Waals surface area (Å²) in [6, 6.07) is 5.42. The zero-order valence-electron chi connectivity index (χ0n) is 7.29. The summed E-state index contributed by atoms with van der Waals surface area (Å²) in [6.45, 7) is 0. The zero-order chi connectivity index (χ0) is 9.26. The summed E-state index contributed by atoms with van der Waals surface area (Å²) in [5, 5.41) is 0. The molecule has 0 amide bonds. The van der Waals surface area contributed by atoms with Crippen LogP contribution in [0.4, 0.5) is 4.39 Å². The van der Waals surface area contributed by atoms with Crippen molar-refractivity contribution in [3.8, 4) is 0 Å². The molecular formula is C11H11FO. The third kappa shape index (κ3) is 1.37. The lowest BCUT2D eigenvalue weighted by atomic mass is 9.87. The first-order chi connectivity index (χ1) is 6.33. The quantitative estimate of drug-likeness (QED) is 0.604. The molecule has 1 nitrogen and oxygen atoms in total. The van der Waals surface area contributed by atoms with E-state index in [1.807, 2.05) is 12.1 Å². The normalized spacial score (nSPS) is 20.8. The number of carbonyl (C=O) groups excluding carboxylic acids is 1. The van der Waals surface area contributed by atoms with Gasteiger partial charge in [0.1, 0.15) is 12.5 Å². The fourth-order valence-corrected chi connectivity index (χ4v) is 1.95. The van der Waals surface area contributed by atoms with Gasteiger partial charge in [0.25, 0.3) is 0 Å². The Bertz CT molecular complexity index is 333. The third-order valence-electron chi connectivity index (χ3n) is 2.57. The Kier molecular flexibility index (Phi) is 2.13. The molecule has 1 aliphatic rings. The molecule has 0 radical (unpaired) electrons. The van der Waals surface area contributed by atoms with Gasteiger partial charge in [-0.05, 0) is 30.4 Å². The van der Waals surface area contributed by atoms with Crippen LogP contribution in [-0.4, -0.2) is 6.29 Å². The number of hydrogen-bond donors (Lipinski definition) is 0. The van der Waals surface area contributed by atoms with Crippen molar-refractivity contribution in [1.29, 1.82) is 0 Å². The van der Waals surface area contributed by atoms with E-state index in [2.05, 4.69) is 0 Å². The summed E-state index contributed by atoms with van der Waals surface area (Å²) in [4.78, 5) is 10.7. The van der Waals surface area contributed by atoms with E-state index in [0.717, 1.165) is 24.7 Å². The van der Waals surface area contributed by atoms with Crippen molar-refractivity contribution < 1.29 is 9.18 Å². The average molecular weight is 178 g/mol. The Morgan fingerprint density at radius 2 is 2.31 bits per heavy atom. The highest BCUT2D eigenvalue weighted by atomic mass is 19.1. The molecule has 2 rings (SSSR count). The minimum atomic E-state index is -0.940. The minimum absolute atomic E-state index is 0.518. The van der Waals surface area contributed by atoms with Crippen LogP contribution in [0.15, 0.2) is 18.2 Å². The standard InChI is InChI=1S/C11H11FO/c12-10-6-2-4-8-3-1-5-9(7-13)11(8)10/h1,3,5,7,10H,2,4,6H2. The number of hydrogen-bond acceptors (Lipinski definition) is 1. The van der Waals surface area contributed by atoms with Crippen LogP contribution >= 0.6 is 0 Å². The minimum Gasteiger partial charge on any atom is -0.298 e. The van der Waals surface area contributed by atoms with Crippen molar-refractivity contribution in [2.45, 2.75) is 25.4 Å². The first-order valence-electron chi connectivity index (χ1n) is 4.54. The van der Waals surface area contributed by atoms with Crippen molar-refractivity contribution in [2.75, 3.05) is 0 Å². The summed E-state index contributed by atoms with van der Waals surface area (Å²) in [7, 11) is 0. The molecule has 0 fully saturated rings. The zero-order valence-corrected chi connectivity index (χ0v) is 7.29. The van der Waals surface area contributed by atoms with Gasteiger partial charge in [0, 0.05) is 5.56 Å². The highest BCUT2D eigenvalue weighted by Crippen LogP contribution is 2.34. The van der Waals surface area contributed by atoms with Gasteiger partial charge in [-0.1, -0.05) is 18.2 Å². The predicted octanol–water partition coefficient (Wildman–Crippen LogP) is 2.85. The van der Waals surface area contributed by atoms with Gasteiger partial charge in [0.2, 0.25) is 0 Å². The number of aryl methyl sites for hydroxylation is 1. The van der Waals surface area contributed by atoms with Crippen molar-refractivity contribution in [3.63, 3.8) is 0 Å². The average Bonchev–Trinajstić information content (AvgIpc) is 2.17. The van der Waals surface area contributed by atoms with E-state index in [9.17, 15) is 9.18 Å². The maximum atomic E-state index is 13.5. The van der Waals surface area contributed by atoms with Crippen LogP contribution < -0.4 is 0 Å². The molecule has 1 atom stereocenters. The molecule has 0 saturated heterocycles. The second-order valence-corrected chi connectivity index (χ2v) is 3.40.